The Morgan fingerprint density at radius 1 is 1.40 bits per heavy atom. The van der Waals surface area contributed by atoms with Crippen molar-refractivity contribution in [1.29, 1.82) is 0 Å². The first-order valence-electron chi connectivity index (χ1n) is 7.41. The standard InChI is InChI=1S/C16H24ClFN2/c1-11(2)15-5-3-4-6-16(15,10-19)20-14-8-12(17)7-13(18)9-14/h7-9,11,15,20H,3-6,10,19H2,1-2H3. The summed E-state index contributed by atoms with van der Waals surface area (Å²) in [6.07, 6.45) is 4.61. The third kappa shape index (κ3) is 3.26. The molecule has 0 radical (unpaired) electrons. The molecule has 112 valence electrons. The van der Waals surface area contributed by atoms with Gasteiger partial charge in [0.05, 0.1) is 5.54 Å². The van der Waals surface area contributed by atoms with Crippen LogP contribution in [-0.4, -0.2) is 12.1 Å². The van der Waals surface area contributed by atoms with Crippen molar-refractivity contribution in [3.8, 4) is 0 Å². The van der Waals surface area contributed by atoms with Gasteiger partial charge in [-0.05, 0) is 42.9 Å². The largest absolute Gasteiger partial charge is 0.378 e. The van der Waals surface area contributed by atoms with Crippen LogP contribution in [0.1, 0.15) is 39.5 Å². The minimum absolute atomic E-state index is 0.149. The van der Waals surface area contributed by atoms with Crippen molar-refractivity contribution >= 4 is 17.3 Å². The van der Waals surface area contributed by atoms with Gasteiger partial charge in [-0.1, -0.05) is 38.3 Å². The molecule has 0 bridgehead atoms. The van der Waals surface area contributed by atoms with E-state index in [-0.39, 0.29) is 11.4 Å². The van der Waals surface area contributed by atoms with Crippen molar-refractivity contribution in [3.63, 3.8) is 0 Å². The number of nitrogens with two attached hydrogens (primary N) is 1. The summed E-state index contributed by atoms with van der Waals surface area (Å²) in [5.41, 5.74) is 6.68. The van der Waals surface area contributed by atoms with E-state index in [1.54, 1.807) is 6.07 Å². The van der Waals surface area contributed by atoms with Crippen LogP contribution in [0.3, 0.4) is 0 Å². The van der Waals surface area contributed by atoms with Crippen LogP contribution in [0.2, 0.25) is 5.02 Å². The maximum absolute atomic E-state index is 13.5. The van der Waals surface area contributed by atoms with E-state index in [4.69, 9.17) is 17.3 Å². The lowest BCUT2D eigenvalue weighted by Gasteiger charge is -2.47. The summed E-state index contributed by atoms with van der Waals surface area (Å²) >= 11 is 5.94. The molecule has 3 N–H and O–H groups in total. The Hall–Kier alpha value is -0.800. The van der Waals surface area contributed by atoms with Crippen LogP contribution in [-0.2, 0) is 0 Å². The fourth-order valence-corrected chi connectivity index (χ4v) is 3.83. The molecule has 1 aliphatic rings. The van der Waals surface area contributed by atoms with Gasteiger partial charge in [-0.3, -0.25) is 0 Å². The molecule has 0 heterocycles. The van der Waals surface area contributed by atoms with Gasteiger partial charge >= 0.3 is 0 Å². The summed E-state index contributed by atoms with van der Waals surface area (Å²) in [6.45, 7) is 5.03. The van der Waals surface area contributed by atoms with Crippen LogP contribution in [0.25, 0.3) is 0 Å². The molecule has 0 saturated heterocycles. The van der Waals surface area contributed by atoms with Gasteiger partial charge in [0.15, 0.2) is 0 Å². The molecule has 2 rings (SSSR count). The minimum Gasteiger partial charge on any atom is -0.378 e. The first kappa shape index (κ1) is 15.6. The number of benzene rings is 1. The summed E-state index contributed by atoms with van der Waals surface area (Å²) < 4.78 is 13.5. The Kier molecular flexibility index (Phi) is 4.92. The first-order valence-corrected chi connectivity index (χ1v) is 7.79. The normalized spacial score (nSPS) is 26.8. The molecule has 1 aromatic carbocycles. The van der Waals surface area contributed by atoms with Crippen LogP contribution in [0.5, 0.6) is 0 Å². The van der Waals surface area contributed by atoms with E-state index in [0.717, 1.165) is 18.5 Å². The fraction of sp³-hybridized carbons (Fsp3) is 0.625. The third-order valence-electron chi connectivity index (χ3n) is 4.52. The first-order chi connectivity index (χ1) is 9.47. The summed E-state index contributed by atoms with van der Waals surface area (Å²) in [5, 5.41) is 3.92. The van der Waals surface area contributed by atoms with E-state index in [0.29, 0.717) is 23.4 Å². The number of nitrogens with one attached hydrogen (secondary N) is 1. The second kappa shape index (κ2) is 6.31. The average molecular weight is 299 g/mol. The second-order valence-electron chi connectivity index (χ2n) is 6.24. The maximum Gasteiger partial charge on any atom is 0.126 e. The molecule has 1 aromatic rings. The van der Waals surface area contributed by atoms with Crippen molar-refractivity contribution < 1.29 is 4.39 Å². The van der Waals surface area contributed by atoms with Gasteiger partial charge in [0.2, 0.25) is 0 Å². The van der Waals surface area contributed by atoms with Crippen LogP contribution in [0.4, 0.5) is 10.1 Å². The zero-order valence-corrected chi connectivity index (χ0v) is 13.0. The molecular formula is C16H24ClFN2. The monoisotopic (exact) mass is 298 g/mol. The predicted octanol–water partition coefficient (Wildman–Crippen LogP) is 4.43. The predicted molar refractivity (Wildman–Crippen MR) is 83.6 cm³/mol. The zero-order chi connectivity index (χ0) is 14.8. The Labute approximate surface area is 125 Å². The lowest BCUT2D eigenvalue weighted by Crippen LogP contribution is -2.55. The topological polar surface area (TPSA) is 38.0 Å². The van der Waals surface area contributed by atoms with Crippen molar-refractivity contribution in [1.82, 2.24) is 0 Å². The molecule has 2 unspecified atom stereocenters. The van der Waals surface area contributed by atoms with Gasteiger partial charge in [-0.2, -0.15) is 0 Å². The average Bonchev–Trinajstić information content (AvgIpc) is 2.37. The van der Waals surface area contributed by atoms with Crippen molar-refractivity contribution in [3.05, 3.63) is 29.0 Å². The summed E-state index contributed by atoms with van der Waals surface area (Å²) in [6, 6.07) is 4.59. The molecule has 4 heteroatoms. The summed E-state index contributed by atoms with van der Waals surface area (Å²) in [4.78, 5) is 0. The number of halogens is 2. The molecule has 0 aliphatic heterocycles. The molecule has 0 amide bonds. The van der Waals surface area contributed by atoms with Crippen LogP contribution < -0.4 is 11.1 Å². The maximum atomic E-state index is 13.5. The van der Waals surface area contributed by atoms with E-state index in [1.165, 1.54) is 25.0 Å². The molecule has 20 heavy (non-hydrogen) atoms. The number of hydrogen-bond donors (Lipinski definition) is 2. The Balaban J connectivity index is 2.29. The number of hydrogen-bond acceptors (Lipinski definition) is 2. The van der Waals surface area contributed by atoms with Gasteiger partial charge in [0.1, 0.15) is 5.82 Å². The lowest BCUT2D eigenvalue weighted by molar-refractivity contribution is 0.166. The minimum atomic E-state index is -0.316. The molecular weight excluding hydrogens is 275 g/mol. The quantitative estimate of drug-likeness (QED) is 0.862. The summed E-state index contributed by atoms with van der Waals surface area (Å²) in [5.74, 6) is 0.739. The van der Waals surface area contributed by atoms with E-state index in [2.05, 4.69) is 19.2 Å². The highest BCUT2D eigenvalue weighted by Crippen LogP contribution is 2.40. The van der Waals surface area contributed by atoms with E-state index >= 15 is 0 Å². The molecule has 2 atom stereocenters. The highest BCUT2D eigenvalue weighted by molar-refractivity contribution is 6.30. The Morgan fingerprint density at radius 2 is 2.15 bits per heavy atom. The van der Waals surface area contributed by atoms with Gasteiger partial charge in [0, 0.05) is 17.3 Å². The van der Waals surface area contributed by atoms with Gasteiger partial charge < -0.3 is 11.1 Å². The Morgan fingerprint density at radius 3 is 2.75 bits per heavy atom. The highest BCUT2D eigenvalue weighted by atomic mass is 35.5. The summed E-state index contributed by atoms with van der Waals surface area (Å²) in [7, 11) is 0. The molecule has 2 nitrogen and oxygen atoms in total. The lowest BCUT2D eigenvalue weighted by atomic mass is 9.67. The molecule has 0 aromatic heterocycles. The van der Waals surface area contributed by atoms with Gasteiger partial charge in [-0.25, -0.2) is 4.39 Å². The van der Waals surface area contributed by atoms with E-state index in [1.807, 2.05) is 0 Å². The molecule has 1 fully saturated rings. The smallest absolute Gasteiger partial charge is 0.126 e. The van der Waals surface area contributed by atoms with Crippen LogP contribution in [0.15, 0.2) is 18.2 Å². The highest BCUT2D eigenvalue weighted by Gasteiger charge is 2.41. The molecule has 0 spiro atoms. The van der Waals surface area contributed by atoms with E-state index in [9.17, 15) is 4.39 Å². The number of rotatable bonds is 4. The van der Waals surface area contributed by atoms with Crippen molar-refractivity contribution in [2.45, 2.75) is 45.1 Å². The van der Waals surface area contributed by atoms with Crippen molar-refractivity contribution in [2.75, 3.05) is 11.9 Å². The zero-order valence-electron chi connectivity index (χ0n) is 12.3. The van der Waals surface area contributed by atoms with Crippen LogP contribution in [0, 0.1) is 17.7 Å². The molecule has 1 aliphatic carbocycles. The van der Waals surface area contributed by atoms with Gasteiger partial charge in [0.25, 0.3) is 0 Å². The SMILES string of the molecule is CC(C)C1CCCCC1(CN)Nc1cc(F)cc(Cl)c1. The van der Waals surface area contributed by atoms with Crippen LogP contribution >= 0.6 is 11.6 Å². The van der Waals surface area contributed by atoms with Crippen molar-refractivity contribution in [2.24, 2.45) is 17.6 Å². The van der Waals surface area contributed by atoms with E-state index < -0.39 is 0 Å². The second-order valence-corrected chi connectivity index (χ2v) is 6.68. The number of anilines is 1. The Bertz CT molecular complexity index is 444. The fourth-order valence-electron chi connectivity index (χ4n) is 3.61. The third-order valence-corrected chi connectivity index (χ3v) is 4.74. The molecule has 1 saturated carbocycles. The van der Waals surface area contributed by atoms with Gasteiger partial charge in [-0.15, -0.1) is 0 Å².